The van der Waals surface area contributed by atoms with Gasteiger partial charge in [-0.2, -0.15) is 4.31 Å². The second-order valence-electron chi connectivity index (χ2n) is 11.9. The summed E-state index contributed by atoms with van der Waals surface area (Å²) in [4.78, 5) is 29.0. The van der Waals surface area contributed by atoms with Crippen LogP contribution in [0.3, 0.4) is 0 Å². The molecular weight excluding hydrogens is 606 g/mol. The van der Waals surface area contributed by atoms with Gasteiger partial charge in [0.1, 0.15) is 5.75 Å². The SMILES string of the molecule is C[C@H](CO)N1C[C@H](C)[C@@H](CN(C)S(=O)(=O)c2ccccc2)OCCCC[C@H](C)Oc2ccc(NC(=O)c3ccccc3)cc2C1=O. The number of carbonyl (C=O) groups excluding carboxylic acids is 2. The summed E-state index contributed by atoms with van der Waals surface area (Å²) in [6.45, 7) is 6.00. The van der Waals surface area contributed by atoms with Crippen LogP contribution in [0.25, 0.3) is 0 Å². The molecule has 0 radical (unpaired) electrons. The first-order chi connectivity index (χ1) is 22.0. The van der Waals surface area contributed by atoms with E-state index in [4.69, 9.17) is 9.47 Å². The molecule has 1 aliphatic rings. The minimum absolute atomic E-state index is 0.0830. The number of sulfonamides is 1. The lowest BCUT2D eigenvalue weighted by atomic mass is 10.0. The van der Waals surface area contributed by atoms with Crippen LogP contribution < -0.4 is 10.1 Å². The number of rotatable bonds is 8. The van der Waals surface area contributed by atoms with Gasteiger partial charge in [-0.1, -0.05) is 43.3 Å². The Kier molecular flexibility index (Phi) is 12.3. The minimum Gasteiger partial charge on any atom is -0.490 e. The molecule has 0 fully saturated rings. The van der Waals surface area contributed by atoms with Gasteiger partial charge >= 0.3 is 0 Å². The van der Waals surface area contributed by atoms with Gasteiger partial charge in [0.05, 0.1) is 35.3 Å². The highest BCUT2D eigenvalue weighted by atomic mass is 32.2. The van der Waals surface area contributed by atoms with Gasteiger partial charge in [0, 0.05) is 43.9 Å². The van der Waals surface area contributed by atoms with Crippen LogP contribution in [0, 0.1) is 5.92 Å². The van der Waals surface area contributed by atoms with E-state index >= 15 is 0 Å². The molecule has 11 heteroatoms. The van der Waals surface area contributed by atoms with Crippen molar-refractivity contribution in [1.29, 1.82) is 0 Å². The Labute approximate surface area is 272 Å². The summed E-state index contributed by atoms with van der Waals surface area (Å²) in [5.41, 5.74) is 1.16. The number of fused-ring (bicyclic) bond motifs is 1. The first-order valence-electron chi connectivity index (χ1n) is 15.7. The fourth-order valence-electron chi connectivity index (χ4n) is 5.38. The molecule has 2 amide bonds. The summed E-state index contributed by atoms with van der Waals surface area (Å²) < 4.78 is 40.6. The molecule has 4 rings (SSSR count). The van der Waals surface area contributed by atoms with E-state index in [0.717, 1.165) is 12.8 Å². The standard InChI is InChI=1S/C35H45N3O7S/c1-25-22-38(26(2)24-39)35(41)31-21-29(36-34(40)28-14-7-5-8-15-28)18-19-32(31)45-27(3)13-11-12-20-44-33(25)23-37(4)46(42,43)30-16-9-6-10-17-30/h5-10,14-19,21,25-27,33,39H,11-13,20,22-24H2,1-4H3,(H,36,40)/t25-,26+,27-,33+/m0/s1. The summed E-state index contributed by atoms with van der Waals surface area (Å²) in [7, 11) is -2.24. The maximum absolute atomic E-state index is 14.3. The fourth-order valence-corrected chi connectivity index (χ4v) is 6.58. The van der Waals surface area contributed by atoms with E-state index < -0.39 is 22.2 Å². The number of hydrogen-bond donors (Lipinski definition) is 2. The molecule has 1 aliphatic heterocycles. The zero-order chi connectivity index (χ0) is 33.3. The highest BCUT2D eigenvalue weighted by Gasteiger charge is 2.32. The van der Waals surface area contributed by atoms with Gasteiger partial charge in [-0.15, -0.1) is 0 Å². The summed E-state index contributed by atoms with van der Waals surface area (Å²) in [6, 6.07) is 21.5. The Bertz CT molecular complexity index is 1550. The molecule has 0 unspecified atom stereocenters. The Hall–Kier alpha value is -3.77. The summed E-state index contributed by atoms with van der Waals surface area (Å²) in [5, 5.41) is 13.1. The van der Waals surface area contributed by atoms with E-state index in [2.05, 4.69) is 5.32 Å². The molecular formula is C35H45N3O7S. The molecule has 1 heterocycles. The number of anilines is 1. The van der Waals surface area contributed by atoms with Crippen molar-refractivity contribution in [2.45, 2.75) is 63.2 Å². The second-order valence-corrected chi connectivity index (χ2v) is 14.0. The van der Waals surface area contributed by atoms with Crippen molar-refractivity contribution in [3.63, 3.8) is 0 Å². The third kappa shape index (κ3) is 8.94. The van der Waals surface area contributed by atoms with E-state index in [-0.39, 0.29) is 54.0 Å². The number of carbonyl (C=O) groups is 2. The molecule has 2 N–H and O–H groups in total. The van der Waals surface area contributed by atoms with Crippen molar-refractivity contribution in [2.75, 3.05) is 38.7 Å². The van der Waals surface area contributed by atoms with Crippen LogP contribution >= 0.6 is 0 Å². The van der Waals surface area contributed by atoms with E-state index in [1.54, 1.807) is 84.6 Å². The second kappa shape index (κ2) is 16.2. The summed E-state index contributed by atoms with van der Waals surface area (Å²) >= 11 is 0. The largest absolute Gasteiger partial charge is 0.490 e. The number of ether oxygens (including phenoxy) is 2. The zero-order valence-corrected chi connectivity index (χ0v) is 27.8. The lowest BCUT2D eigenvalue weighted by Crippen LogP contribution is -2.48. The number of likely N-dealkylation sites (N-methyl/N-ethyl adjacent to an activating group) is 1. The Morgan fingerprint density at radius 2 is 1.72 bits per heavy atom. The van der Waals surface area contributed by atoms with Crippen LogP contribution in [0.5, 0.6) is 5.75 Å². The topological polar surface area (TPSA) is 125 Å². The van der Waals surface area contributed by atoms with Crippen LogP contribution in [-0.2, 0) is 14.8 Å². The van der Waals surface area contributed by atoms with Crippen LogP contribution in [0.4, 0.5) is 5.69 Å². The number of aliphatic hydroxyl groups excluding tert-OH is 1. The van der Waals surface area contributed by atoms with Crippen molar-refractivity contribution in [3.8, 4) is 5.75 Å². The monoisotopic (exact) mass is 651 g/mol. The van der Waals surface area contributed by atoms with Crippen molar-refractivity contribution < 1.29 is 32.6 Å². The predicted octanol–water partition coefficient (Wildman–Crippen LogP) is 5.06. The van der Waals surface area contributed by atoms with Crippen LogP contribution in [-0.4, -0.2) is 86.1 Å². The zero-order valence-electron chi connectivity index (χ0n) is 27.0. The average molecular weight is 652 g/mol. The summed E-state index contributed by atoms with van der Waals surface area (Å²) in [5.74, 6) is -0.616. The molecule has 10 nitrogen and oxygen atoms in total. The quantitative estimate of drug-likeness (QED) is 0.349. The number of nitrogens with one attached hydrogen (secondary N) is 1. The van der Waals surface area contributed by atoms with Crippen molar-refractivity contribution >= 4 is 27.5 Å². The average Bonchev–Trinajstić information content (AvgIpc) is 3.06. The van der Waals surface area contributed by atoms with Gasteiger partial charge in [-0.3, -0.25) is 9.59 Å². The van der Waals surface area contributed by atoms with Gasteiger partial charge < -0.3 is 24.8 Å². The number of aliphatic hydroxyl groups is 1. The Balaban J connectivity index is 1.65. The van der Waals surface area contributed by atoms with Gasteiger partial charge in [0.15, 0.2) is 0 Å². The van der Waals surface area contributed by atoms with E-state index in [9.17, 15) is 23.1 Å². The van der Waals surface area contributed by atoms with Crippen molar-refractivity contribution in [3.05, 3.63) is 90.0 Å². The fraction of sp³-hybridized carbons (Fsp3) is 0.429. The smallest absolute Gasteiger partial charge is 0.258 e. The number of amides is 2. The Morgan fingerprint density at radius 3 is 2.39 bits per heavy atom. The molecule has 0 spiro atoms. The highest BCUT2D eigenvalue weighted by molar-refractivity contribution is 7.89. The molecule has 248 valence electrons. The molecule has 0 saturated carbocycles. The van der Waals surface area contributed by atoms with Crippen molar-refractivity contribution in [1.82, 2.24) is 9.21 Å². The van der Waals surface area contributed by atoms with Gasteiger partial charge in [-0.05, 0) is 75.6 Å². The first-order valence-corrected chi connectivity index (χ1v) is 17.2. The molecule has 0 aromatic heterocycles. The van der Waals surface area contributed by atoms with Crippen LogP contribution in [0.1, 0.15) is 60.7 Å². The number of benzene rings is 3. The third-order valence-electron chi connectivity index (χ3n) is 8.23. The Morgan fingerprint density at radius 1 is 1.04 bits per heavy atom. The maximum atomic E-state index is 14.3. The highest BCUT2D eigenvalue weighted by Crippen LogP contribution is 2.29. The van der Waals surface area contributed by atoms with Gasteiger partial charge in [0.25, 0.3) is 11.8 Å². The lowest BCUT2D eigenvalue weighted by Gasteiger charge is -2.35. The van der Waals surface area contributed by atoms with Crippen LogP contribution in [0.15, 0.2) is 83.8 Å². The molecule has 0 aliphatic carbocycles. The van der Waals surface area contributed by atoms with E-state index in [1.807, 2.05) is 19.9 Å². The van der Waals surface area contributed by atoms with Crippen molar-refractivity contribution in [2.24, 2.45) is 5.92 Å². The first kappa shape index (κ1) is 35.1. The van der Waals surface area contributed by atoms with Crippen LogP contribution in [0.2, 0.25) is 0 Å². The van der Waals surface area contributed by atoms with E-state index in [1.165, 1.54) is 11.4 Å². The van der Waals surface area contributed by atoms with E-state index in [0.29, 0.717) is 30.0 Å². The maximum Gasteiger partial charge on any atom is 0.258 e. The molecule has 3 aromatic carbocycles. The minimum atomic E-state index is -3.77. The lowest BCUT2D eigenvalue weighted by molar-refractivity contribution is -0.00834. The predicted molar refractivity (Wildman–Crippen MR) is 178 cm³/mol. The molecule has 3 aromatic rings. The third-order valence-corrected chi connectivity index (χ3v) is 10.1. The normalized spacial score (nSPS) is 20.7. The molecule has 4 atom stereocenters. The van der Waals surface area contributed by atoms with Gasteiger partial charge in [-0.25, -0.2) is 8.42 Å². The number of hydrogen-bond acceptors (Lipinski definition) is 7. The summed E-state index contributed by atoms with van der Waals surface area (Å²) in [6.07, 6.45) is 1.53. The molecule has 46 heavy (non-hydrogen) atoms. The number of nitrogens with zero attached hydrogens (tertiary/aromatic N) is 2. The van der Waals surface area contributed by atoms with Gasteiger partial charge in [0.2, 0.25) is 10.0 Å². The molecule has 0 saturated heterocycles. The molecule has 0 bridgehead atoms.